The number of rotatable bonds is 5. The van der Waals surface area contributed by atoms with E-state index in [1.807, 2.05) is 6.07 Å². The zero-order valence-corrected chi connectivity index (χ0v) is 12.9. The van der Waals surface area contributed by atoms with Gasteiger partial charge in [0.2, 0.25) is 0 Å². The lowest BCUT2D eigenvalue weighted by Crippen LogP contribution is -2.29. The first kappa shape index (κ1) is 15.6. The van der Waals surface area contributed by atoms with Gasteiger partial charge in [-0.15, -0.1) is 11.3 Å². The van der Waals surface area contributed by atoms with Gasteiger partial charge in [0.05, 0.1) is 0 Å². The number of thiophene rings is 1. The van der Waals surface area contributed by atoms with Crippen molar-refractivity contribution in [3.8, 4) is 6.07 Å². The summed E-state index contributed by atoms with van der Waals surface area (Å²) in [5.41, 5.74) is 0.707. The van der Waals surface area contributed by atoms with Crippen molar-refractivity contribution in [1.29, 1.82) is 5.26 Å². The van der Waals surface area contributed by atoms with E-state index in [0.717, 1.165) is 11.3 Å². The fourth-order valence-electron chi connectivity index (χ4n) is 1.81. The van der Waals surface area contributed by atoms with Crippen LogP contribution in [0.4, 0.5) is 4.39 Å². The summed E-state index contributed by atoms with van der Waals surface area (Å²) < 4.78 is 39.4. The van der Waals surface area contributed by atoms with Crippen molar-refractivity contribution in [1.82, 2.24) is 4.31 Å². The van der Waals surface area contributed by atoms with E-state index < -0.39 is 10.0 Å². The third kappa shape index (κ3) is 3.47. The van der Waals surface area contributed by atoms with E-state index in [0.29, 0.717) is 17.0 Å². The standard InChI is InChI=1S/C14H13FN2O2S2/c1-2-17(10-11-3-5-12(15)6-4-11)21(18,19)14-8-7-13(9-16)20-14/h3-8H,2,10H2,1H3. The van der Waals surface area contributed by atoms with E-state index in [4.69, 9.17) is 5.26 Å². The highest BCUT2D eigenvalue weighted by Crippen LogP contribution is 2.25. The molecule has 0 aliphatic heterocycles. The molecule has 0 radical (unpaired) electrons. The Balaban J connectivity index is 2.27. The van der Waals surface area contributed by atoms with E-state index in [2.05, 4.69) is 0 Å². The number of hydrogen-bond acceptors (Lipinski definition) is 4. The molecular weight excluding hydrogens is 311 g/mol. The summed E-state index contributed by atoms with van der Waals surface area (Å²) in [6, 6.07) is 10.6. The Kier molecular flexibility index (Phi) is 4.73. The van der Waals surface area contributed by atoms with Gasteiger partial charge in [-0.25, -0.2) is 12.8 Å². The molecule has 110 valence electrons. The first-order valence-electron chi connectivity index (χ1n) is 6.22. The number of halogens is 1. The first-order chi connectivity index (χ1) is 9.97. The fourth-order valence-corrected chi connectivity index (χ4v) is 4.50. The smallest absolute Gasteiger partial charge is 0.207 e. The minimum Gasteiger partial charge on any atom is -0.207 e. The van der Waals surface area contributed by atoms with Gasteiger partial charge >= 0.3 is 0 Å². The van der Waals surface area contributed by atoms with Gasteiger partial charge in [0, 0.05) is 13.1 Å². The summed E-state index contributed by atoms with van der Waals surface area (Å²) in [5.74, 6) is -0.360. The summed E-state index contributed by atoms with van der Waals surface area (Å²) in [6.45, 7) is 2.19. The Morgan fingerprint density at radius 3 is 2.43 bits per heavy atom. The quantitative estimate of drug-likeness (QED) is 0.849. The molecule has 0 saturated heterocycles. The monoisotopic (exact) mass is 324 g/mol. The highest BCUT2D eigenvalue weighted by molar-refractivity contribution is 7.91. The second-order valence-electron chi connectivity index (χ2n) is 4.29. The molecule has 0 amide bonds. The average Bonchev–Trinajstić information content (AvgIpc) is 2.96. The van der Waals surface area contributed by atoms with Crippen LogP contribution in [-0.4, -0.2) is 19.3 Å². The van der Waals surface area contributed by atoms with Crippen molar-refractivity contribution in [2.75, 3.05) is 6.54 Å². The van der Waals surface area contributed by atoms with E-state index in [9.17, 15) is 12.8 Å². The van der Waals surface area contributed by atoms with Crippen LogP contribution >= 0.6 is 11.3 Å². The van der Waals surface area contributed by atoms with Crippen molar-refractivity contribution in [3.05, 3.63) is 52.7 Å². The minimum atomic E-state index is -3.64. The highest BCUT2D eigenvalue weighted by Gasteiger charge is 2.25. The van der Waals surface area contributed by atoms with E-state index in [1.54, 1.807) is 19.1 Å². The molecular formula is C14H13FN2O2S2. The molecule has 2 rings (SSSR count). The van der Waals surface area contributed by atoms with Crippen LogP contribution < -0.4 is 0 Å². The van der Waals surface area contributed by atoms with E-state index >= 15 is 0 Å². The van der Waals surface area contributed by atoms with Crippen LogP contribution in [0.2, 0.25) is 0 Å². The van der Waals surface area contributed by atoms with E-state index in [-0.39, 0.29) is 16.6 Å². The Morgan fingerprint density at radius 1 is 1.24 bits per heavy atom. The van der Waals surface area contributed by atoms with Gasteiger partial charge in [0.25, 0.3) is 10.0 Å². The van der Waals surface area contributed by atoms with Gasteiger partial charge in [-0.05, 0) is 29.8 Å². The molecule has 0 saturated carbocycles. The maximum absolute atomic E-state index is 12.9. The number of benzene rings is 1. The van der Waals surface area contributed by atoms with Gasteiger partial charge in [-0.2, -0.15) is 9.57 Å². The average molecular weight is 324 g/mol. The third-order valence-corrected chi connectivity index (χ3v) is 6.29. The lowest BCUT2D eigenvalue weighted by atomic mass is 10.2. The third-order valence-electron chi connectivity index (χ3n) is 2.91. The molecule has 0 aliphatic rings. The summed E-state index contributed by atoms with van der Waals surface area (Å²) in [7, 11) is -3.64. The summed E-state index contributed by atoms with van der Waals surface area (Å²) >= 11 is 0.946. The zero-order chi connectivity index (χ0) is 15.5. The first-order valence-corrected chi connectivity index (χ1v) is 8.47. The molecule has 4 nitrogen and oxygen atoms in total. The lowest BCUT2D eigenvalue weighted by molar-refractivity contribution is 0.424. The molecule has 0 spiro atoms. The predicted octanol–water partition coefficient (Wildman–Crippen LogP) is 2.97. The number of sulfonamides is 1. The molecule has 7 heteroatoms. The van der Waals surface area contributed by atoms with Crippen molar-refractivity contribution in [3.63, 3.8) is 0 Å². The molecule has 1 aromatic heterocycles. The summed E-state index contributed by atoms with van der Waals surface area (Å²) in [4.78, 5) is 0.353. The van der Waals surface area contributed by atoms with Crippen molar-refractivity contribution >= 4 is 21.4 Å². The number of nitriles is 1. The van der Waals surface area contributed by atoms with Crippen LogP contribution in [0.15, 0.2) is 40.6 Å². The van der Waals surface area contributed by atoms with Gasteiger partial charge in [-0.3, -0.25) is 0 Å². The van der Waals surface area contributed by atoms with Crippen molar-refractivity contribution < 1.29 is 12.8 Å². The van der Waals surface area contributed by atoms with E-state index in [1.165, 1.54) is 28.6 Å². The minimum absolute atomic E-state index is 0.142. The molecule has 0 N–H and O–H groups in total. The maximum Gasteiger partial charge on any atom is 0.252 e. The molecule has 0 atom stereocenters. The van der Waals surface area contributed by atoms with Gasteiger partial charge in [0.15, 0.2) is 0 Å². The second-order valence-corrected chi connectivity index (χ2v) is 7.54. The molecule has 21 heavy (non-hydrogen) atoms. The largest absolute Gasteiger partial charge is 0.252 e. The summed E-state index contributed by atoms with van der Waals surface area (Å²) in [5, 5.41) is 8.79. The Morgan fingerprint density at radius 2 is 1.90 bits per heavy atom. The van der Waals surface area contributed by atoms with Crippen LogP contribution in [0, 0.1) is 17.1 Å². The Hall–Kier alpha value is -1.75. The highest BCUT2D eigenvalue weighted by atomic mass is 32.2. The molecule has 0 unspecified atom stereocenters. The molecule has 0 bridgehead atoms. The van der Waals surface area contributed by atoms with Crippen LogP contribution in [0.3, 0.4) is 0 Å². The van der Waals surface area contributed by atoms with Crippen LogP contribution in [-0.2, 0) is 16.6 Å². The molecule has 0 fully saturated rings. The summed E-state index contributed by atoms with van der Waals surface area (Å²) in [6.07, 6.45) is 0. The molecule has 1 aromatic carbocycles. The van der Waals surface area contributed by atoms with Crippen molar-refractivity contribution in [2.45, 2.75) is 17.7 Å². The van der Waals surface area contributed by atoms with Crippen LogP contribution in [0.5, 0.6) is 0 Å². The lowest BCUT2D eigenvalue weighted by Gasteiger charge is -2.19. The normalized spacial score (nSPS) is 11.5. The topological polar surface area (TPSA) is 61.2 Å². The maximum atomic E-state index is 12.9. The number of nitrogens with zero attached hydrogens (tertiary/aromatic N) is 2. The SMILES string of the molecule is CCN(Cc1ccc(F)cc1)S(=O)(=O)c1ccc(C#N)s1. The fraction of sp³-hybridized carbons (Fsp3) is 0.214. The Labute approximate surface area is 127 Å². The van der Waals surface area contributed by atoms with Gasteiger partial charge < -0.3 is 0 Å². The molecule has 0 aliphatic carbocycles. The Bertz CT molecular complexity index is 761. The zero-order valence-electron chi connectivity index (χ0n) is 11.3. The van der Waals surface area contributed by atoms with Crippen LogP contribution in [0.1, 0.15) is 17.4 Å². The van der Waals surface area contributed by atoms with Crippen LogP contribution in [0.25, 0.3) is 0 Å². The number of hydrogen-bond donors (Lipinski definition) is 0. The van der Waals surface area contributed by atoms with Gasteiger partial charge in [-0.1, -0.05) is 19.1 Å². The van der Waals surface area contributed by atoms with Crippen molar-refractivity contribution in [2.24, 2.45) is 0 Å². The molecule has 2 aromatic rings. The molecule has 1 heterocycles. The van der Waals surface area contributed by atoms with Gasteiger partial charge in [0.1, 0.15) is 21.0 Å². The predicted molar refractivity (Wildman–Crippen MR) is 78.7 cm³/mol. The second kappa shape index (κ2) is 6.35.